The lowest BCUT2D eigenvalue weighted by atomic mass is 10.2. The fourth-order valence-corrected chi connectivity index (χ4v) is 1.83. The van der Waals surface area contributed by atoms with Gasteiger partial charge in [-0.15, -0.1) is 0 Å². The third kappa shape index (κ3) is 4.15. The number of ether oxygens (including phenoxy) is 3. The maximum Gasteiger partial charge on any atom is 0.265 e. The minimum Gasteiger partial charge on any atom is -0.497 e. The maximum absolute atomic E-state index is 12.1. The van der Waals surface area contributed by atoms with Crippen LogP contribution in [0.5, 0.6) is 17.2 Å². The Morgan fingerprint density at radius 2 is 1.32 bits per heavy atom. The van der Waals surface area contributed by atoms with Crippen LogP contribution >= 0.6 is 0 Å². The second-order valence-corrected chi connectivity index (χ2v) is 4.65. The maximum atomic E-state index is 12.1. The second kappa shape index (κ2) is 7.36. The Bertz CT molecular complexity index is 608. The molecule has 0 saturated heterocycles. The molecule has 2 aromatic carbocycles. The van der Waals surface area contributed by atoms with Gasteiger partial charge in [-0.3, -0.25) is 4.79 Å². The molecule has 5 nitrogen and oxygen atoms in total. The molecule has 1 amide bonds. The molecular weight excluding hydrogens is 282 g/mol. The van der Waals surface area contributed by atoms with Crippen molar-refractivity contribution in [2.45, 2.75) is 13.0 Å². The first-order valence-electron chi connectivity index (χ1n) is 6.88. The smallest absolute Gasteiger partial charge is 0.265 e. The van der Waals surface area contributed by atoms with Crippen LogP contribution in [0.4, 0.5) is 5.69 Å². The molecule has 0 bridgehead atoms. The summed E-state index contributed by atoms with van der Waals surface area (Å²) in [6.45, 7) is 1.70. The first-order valence-corrected chi connectivity index (χ1v) is 6.88. The molecule has 0 heterocycles. The van der Waals surface area contributed by atoms with Crippen LogP contribution in [-0.2, 0) is 4.79 Å². The number of anilines is 1. The fraction of sp³-hybridized carbons (Fsp3) is 0.235. The van der Waals surface area contributed by atoms with E-state index in [4.69, 9.17) is 14.2 Å². The lowest BCUT2D eigenvalue weighted by Crippen LogP contribution is -2.30. The molecule has 1 unspecified atom stereocenters. The molecule has 0 aromatic heterocycles. The van der Waals surface area contributed by atoms with Crippen molar-refractivity contribution >= 4 is 11.6 Å². The van der Waals surface area contributed by atoms with Crippen LogP contribution in [0.3, 0.4) is 0 Å². The van der Waals surface area contributed by atoms with Gasteiger partial charge < -0.3 is 19.5 Å². The summed E-state index contributed by atoms with van der Waals surface area (Å²) in [4.78, 5) is 12.1. The number of amides is 1. The zero-order valence-corrected chi connectivity index (χ0v) is 12.8. The summed E-state index contributed by atoms with van der Waals surface area (Å²) in [6.07, 6.45) is -0.615. The predicted molar refractivity (Wildman–Crippen MR) is 84.7 cm³/mol. The van der Waals surface area contributed by atoms with Crippen molar-refractivity contribution in [1.82, 2.24) is 0 Å². The minimum atomic E-state index is -0.615. The monoisotopic (exact) mass is 301 g/mol. The van der Waals surface area contributed by atoms with Crippen molar-refractivity contribution in [3.63, 3.8) is 0 Å². The number of carbonyl (C=O) groups is 1. The van der Waals surface area contributed by atoms with Crippen molar-refractivity contribution < 1.29 is 19.0 Å². The van der Waals surface area contributed by atoms with Gasteiger partial charge in [0.2, 0.25) is 0 Å². The number of hydrogen-bond donors (Lipinski definition) is 1. The molecule has 0 aliphatic rings. The Morgan fingerprint density at radius 3 is 1.82 bits per heavy atom. The van der Waals surface area contributed by atoms with Crippen molar-refractivity contribution in [1.29, 1.82) is 0 Å². The molecule has 22 heavy (non-hydrogen) atoms. The van der Waals surface area contributed by atoms with Crippen LogP contribution < -0.4 is 19.5 Å². The molecule has 5 heteroatoms. The van der Waals surface area contributed by atoms with E-state index in [1.165, 1.54) is 0 Å². The number of methoxy groups -OCH3 is 2. The van der Waals surface area contributed by atoms with E-state index in [-0.39, 0.29) is 5.91 Å². The molecule has 0 aliphatic carbocycles. The van der Waals surface area contributed by atoms with Gasteiger partial charge in [-0.2, -0.15) is 0 Å². The molecule has 1 N–H and O–H groups in total. The lowest BCUT2D eigenvalue weighted by molar-refractivity contribution is -0.122. The Hall–Kier alpha value is -2.69. The molecule has 0 radical (unpaired) electrons. The Morgan fingerprint density at radius 1 is 0.864 bits per heavy atom. The third-order valence-corrected chi connectivity index (χ3v) is 3.10. The summed E-state index contributed by atoms with van der Waals surface area (Å²) in [5, 5.41) is 2.79. The number of benzene rings is 2. The van der Waals surface area contributed by atoms with Crippen LogP contribution in [-0.4, -0.2) is 26.2 Å². The summed E-state index contributed by atoms with van der Waals surface area (Å²) in [5.41, 5.74) is 0.691. The van der Waals surface area contributed by atoms with Crippen molar-refractivity contribution in [2.75, 3.05) is 19.5 Å². The van der Waals surface area contributed by atoms with Gasteiger partial charge in [-0.25, -0.2) is 0 Å². The van der Waals surface area contributed by atoms with Gasteiger partial charge in [0.05, 0.1) is 14.2 Å². The van der Waals surface area contributed by atoms with E-state index in [1.807, 2.05) is 0 Å². The highest BCUT2D eigenvalue weighted by atomic mass is 16.5. The molecule has 2 rings (SSSR count). The number of rotatable bonds is 6. The molecule has 0 spiro atoms. The van der Waals surface area contributed by atoms with Crippen LogP contribution in [0.25, 0.3) is 0 Å². The second-order valence-electron chi connectivity index (χ2n) is 4.65. The standard InChI is InChI=1S/C17H19NO4/c1-12(22-16-10-8-15(21-3)9-11-16)17(19)18-13-4-6-14(20-2)7-5-13/h4-12H,1-3H3,(H,18,19). The normalized spacial score (nSPS) is 11.4. The highest BCUT2D eigenvalue weighted by molar-refractivity contribution is 5.94. The van der Waals surface area contributed by atoms with E-state index in [2.05, 4.69) is 5.32 Å². The van der Waals surface area contributed by atoms with Crippen molar-refractivity contribution in [3.8, 4) is 17.2 Å². The van der Waals surface area contributed by atoms with E-state index in [0.29, 0.717) is 11.4 Å². The average Bonchev–Trinajstić information content (AvgIpc) is 2.56. The van der Waals surface area contributed by atoms with E-state index in [0.717, 1.165) is 11.5 Å². The summed E-state index contributed by atoms with van der Waals surface area (Å²) in [7, 11) is 3.19. The third-order valence-electron chi connectivity index (χ3n) is 3.10. The quantitative estimate of drug-likeness (QED) is 0.890. The summed E-state index contributed by atoms with van der Waals surface area (Å²) in [6, 6.07) is 14.2. The van der Waals surface area contributed by atoms with E-state index in [9.17, 15) is 4.79 Å². The van der Waals surface area contributed by atoms with Gasteiger partial charge in [-0.05, 0) is 55.5 Å². The predicted octanol–water partition coefficient (Wildman–Crippen LogP) is 3.11. The minimum absolute atomic E-state index is 0.221. The summed E-state index contributed by atoms with van der Waals surface area (Å²) in [5.74, 6) is 1.86. The zero-order chi connectivity index (χ0) is 15.9. The van der Waals surface area contributed by atoms with Crippen molar-refractivity contribution in [3.05, 3.63) is 48.5 Å². The van der Waals surface area contributed by atoms with Crippen LogP contribution in [0, 0.1) is 0 Å². The molecular formula is C17H19NO4. The van der Waals surface area contributed by atoms with Gasteiger partial charge in [0.1, 0.15) is 17.2 Å². The Balaban J connectivity index is 1.92. The number of carbonyl (C=O) groups excluding carboxylic acids is 1. The van der Waals surface area contributed by atoms with Gasteiger partial charge in [0, 0.05) is 5.69 Å². The lowest BCUT2D eigenvalue weighted by Gasteiger charge is -2.15. The molecule has 0 saturated carbocycles. The van der Waals surface area contributed by atoms with Gasteiger partial charge in [-0.1, -0.05) is 0 Å². The average molecular weight is 301 g/mol. The highest BCUT2D eigenvalue weighted by Gasteiger charge is 2.14. The molecule has 1 atom stereocenters. The van der Waals surface area contributed by atoms with Gasteiger partial charge in [0.25, 0.3) is 5.91 Å². The first-order chi connectivity index (χ1) is 10.6. The fourth-order valence-electron chi connectivity index (χ4n) is 1.83. The number of nitrogens with one attached hydrogen (secondary N) is 1. The van der Waals surface area contributed by atoms with Gasteiger partial charge >= 0.3 is 0 Å². The van der Waals surface area contributed by atoms with E-state index >= 15 is 0 Å². The Labute approximate surface area is 129 Å². The summed E-state index contributed by atoms with van der Waals surface area (Å²) < 4.78 is 15.7. The molecule has 0 fully saturated rings. The highest BCUT2D eigenvalue weighted by Crippen LogP contribution is 2.19. The largest absolute Gasteiger partial charge is 0.497 e. The topological polar surface area (TPSA) is 56.8 Å². The zero-order valence-electron chi connectivity index (χ0n) is 12.8. The molecule has 2 aromatic rings. The number of hydrogen-bond acceptors (Lipinski definition) is 4. The van der Waals surface area contributed by atoms with E-state index in [1.54, 1.807) is 69.7 Å². The SMILES string of the molecule is COc1ccc(NC(=O)C(C)Oc2ccc(OC)cc2)cc1. The van der Waals surface area contributed by atoms with Crippen molar-refractivity contribution in [2.24, 2.45) is 0 Å². The van der Waals surface area contributed by atoms with Crippen LogP contribution in [0.15, 0.2) is 48.5 Å². The van der Waals surface area contributed by atoms with E-state index < -0.39 is 6.10 Å². The van der Waals surface area contributed by atoms with Gasteiger partial charge in [0.15, 0.2) is 6.10 Å². The summed E-state index contributed by atoms with van der Waals surface area (Å²) >= 11 is 0. The molecule has 0 aliphatic heterocycles. The molecule has 116 valence electrons. The first kappa shape index (κ1) is 15.7. The van der Waals surface area contributed by atoms with Crippen LogP contribution in [0.1, 0.15) is 6.92 Å². The Kier molecular flexibility index (Phi) is 5.25. The van der Waals surface area contributed by atoms with Crippen LogP contribution in [0.2, 0.25) is 0 Å².